The first-order valence-electron chi connectivity index (χ1n) is 38.5. The molecule has 13 nitrogen and oxygen atoms in total. The van der Waals surface area contributed by atoms with Crippen LogP contribution in [0.5, 0.6) is 0 Å². The quantitative estimate of drug-likeness (QED) is 0.141. The molecule has 596 valence electrons. The topological polar surface area (TPSA) is 150 Å². The molecule has 5 rings (SSSR count). The average molecular weight is 1410 g/mol. The average Bonchev–Trinajstić information content (AvgIpc) is 1.65. The Kier molecular flexibility index (Phi) is 55.3. The molecule has 0 aliphatic carbocycles. The van der Waals surface area contributed by atoms with E-state index in [1.165, 1.54) is 84.2 Å². The van der Waals surface area contributed by atoms with Gasteiger partial charge in [-0.05, 0) is 191 Å². The molecule has 5 fully saturated rings. The van der Waals surface area contributed by atoms with Crippen molar-refractivity contribution >= 4 is 5.97 Å². The Balaban J connectivity index is -0.000000328. The normalized spacial score (nSPS) is 20.5. The minimum Gasteiger partial charge on any atom is -0.469 e. The number of carbonyl (C=O) groups is 1. The van der Waals surface area contributed by atoms with Gasteiger partial charge in [0.05, 0.1) is 69.2 Å². The Labute approximate surface area is 612 Å². The van der Waals surface area contributed by atoms with Crippen LogP contribution >= 0.6 is 0 Å². The molecule has 5 heterocycles. The molecule has 0 bridgehead atoms. The van der Waals surface area contributed by atoms with Gasteiger partial charge in [-0.3, -0.25) is 4.79 Å². The van der Waals surface area contributed by atoms with Gasteiger partial charge in [-0.1, -0.05) is 208 Å². The molecule has 2 N–H and O–H groups in total. The summed E-state index contributed by atoms with van der Waals surface area (Å²) in [5.74, 6) is 0.412. The Morgan fingerprint density at radius 3 is 1.00 bits per heavy atom. The molecule has 0 radical (unpaired) electrons. The number of carbonyl (C=O) groups excluding carboxylic acids is 1. The fourth-order valence-electron chi connectivity index (χ4n) is 12.3. The molecule has 3 unspecified atom stereocenters. The maximum absolute atomic E-state index is 10.6. The van der Waals surface area contributed by atoms with Crippen LogP contribution in [0, 0.1) is 60.1 Å². The minimum atomic E-state index is -0.516. The summed E-state index contributed by atoms with van der Waals surface area (Å²) >= 11 is 0. The van der Waals surface area contributed by atoms with E-state index < -0.39 is 5.60 Å². The summed E-state index contributed by atoms with van der Waals surface area (Å²) in [5, 5.41) is 18.2. The molecule has 0 amide bonds. The van der Waals surface area contributed by atoms with Gasteiger partial charge in [-0.25, -0.2) is 0 Å². The lowest BCUT2D eigenvalue weighted by Crippen LogP contribution is -2.29. The molecule has 5 atom stereocenters. The van der Waals surface area contributed by atoms with E-state index in [0.29, 0.717) is 68.6 Å². The number of ether oxygens (including phenoxy) is 10. The number of methoxy groups -OCH3 is 4. The second-order valence-electron chi connectivity index (χ2n) is 41.9. The standard InChI is InChI=1S/C10H22O2.C10H20O.3C9H18O.2C8H16O2.C8H18O.2C7H16O/c1-10(2,3)6-9(7-11-4)8-12-5;1-9(2,3)8-10(4)6-5-7-11-10;3*1-9(2,3)7-8-5-4-6-10-8;1-8(2,3)6-7-9-4-5-10-7;1-8(2,3)6-5-7(9)10-4;1-7(2,3)6-8(4,5)9;1-7(2,3)5-6-8-4;1-6(8)5-7(2,3)4/h9H,6-8H2,1-5H3;5-8H2,1-4H3;3*8H,4-7H2,1-3H3;7H,4-6H2,1-3H3;5-6H2,1-4H3;9H,6H2,1-5H3;5-6H2,1-4H3;6,8H,5H2,1-4H3/t;;2*8-;;;;;;/m..10....../s1. The number of hydrogen-bond acceptors (Lipinski definition) is 13. The van der Waals surface area contributed by atoms with Crippen molar-refractivity contribution in [3.63, 3.8) is 0 Å². The summed E-state index contributed by atoms with van der Waals surface area (Å²) in [6, 6.07) is 0. The Morgan fingerprint density at radius 2 is 0.806 bits per heavy atom. The molecule has 98 heavy (non-hydrogen) atoms. The van der Waals surface area contributed by atoms with Crippen LogP contribution in [0.4, 0.5) is 0 Å². The predicted molar refractivity (Wildman–Crippen MR) is 421 cm³/mol. The summed E-state index contributed by atoms with van der Waals surface area (Å²) in [7, 11) is 6.65. The molecular weight excluding hydrogens is 1230 g/mol. The summed E-state index contributed by atoms with van der Waals surface area (Å²) < 4.78 is 52.6. The van der Waals surface area contributed by atoms with Gasteiger partial charge in [0.1, 0.15) is 0 Å². The minimum absolute atomic E-state index is 0.0556. The largest absolute Gasteiger partial charge is 0.469 e. The number of esters is 1. The third-order valence-electron chi connectivity index (χ3n) is 15.2. The van der Waals surface area contributed by atoms with Gasteiger partial charge >= 0.3 is 5.97 Å². The van der Waals surface area contributed by atoms with Crippen molar-refractivity contribution in [1.29, 1.82) is 0 Å². The van der Waals surface area contributed by atoms with Crippen LogP contribution in [0.2, 0.25) is 0 Å². The number of aliphatic hydroxyl groups is 2. The zero-order valence-electron chi connectivity index (χ0n) is 73.1. The molecule has 5 aliphatic rings. The van der Waals surface area contributed by atoms with Gasteiger partial charge in [0.25, 0.3) is 0 Å². The Hall–Kier alpha value is -0.970. The molecule has 0 saturated carbocycles. The van der Waals surface area contributed by atoms with Crippen molar-refractivity contribution in [2.45, 2.75) is 399 Å². The lowest BCUT2D eigenvalue weighted by Gasteiger charge is -2.31. The molecule has 0 aromatic carbocycles. The van der Waals surface area contributed by atoms with Gasteiger partial charge < -0.3 is 57.6 Å². The first-order chi connectivity index (χ1) is 43.9. The van der Waals surface area contributed by atoms with E-state index in [0.717, 1.165) is 98.0 Å². The molecule has 5 saturated heterocycles. The fraction of sp³-hybridized carbons (Fsp3) is 0.988. The summed E-state index contributed by atoms with van der Waals surface area (Å²) in [4.78, 5) is 10.6. The molecular formula is C85H178O13. The van der Waals surface area contributed by atoms with Gasteiger partial charge in [0, 0.05) is 73.1 Å². The van der Waals surface area contributed by atoms with Crippen molar-refractivity contribution in [1.82, 2.24) is 0 Å². The van der Waals surface area contributed by atoms with Crippen LogP contribution in [0.3, 0.4) is 0 Å². The van der Waals surface area contributed by atoms with Crippen molar-refractivity contribution in [3.8, 4) is 0 Å². The lowest BCUT2D eigenvalue weighted by atomic mass is 9.81. The third-order valence-corrected chi connectivity index (χ3v) is 15.2. The van der Waals surface area contributed by atoms with Crippen LogP contribution in [0.1, 0.15) is 357 Å². The van der Waals surface area contributed by atoms with Crippen molar-refractivity contribution in [2.24, 2.45) is 60.1 Å². The van der Waals surface area contributed by atoms with E-state index in [1.54, 1.807) is 21.3 Å². The van der Waals surface area contributed by atoms with E-state index in [1.807, 2.05) is 20.8 Å². The maximum atomic E-state index is 10.6. The second kappa shape index (κ2) is 51.3. The van der Waals surface area contributed by atoms with E-state index in [9.17, 15) is 9.90 Å². The molecule has 0 aromatic heterocycles. The number of hydrogen-bond donors (Lipinski definition) is 2. The fourth-order valence-corrected chi connectivity index (χ4v) is 12.3. The van der Waals surface area contributed by atoms with Gasteiger partial charge in [-0.2, -0.15) is 0 Å². The van der Waals surface area contributed by atoms with Crippen molar-refractivity contribution in [3.05, 3.63) is 0 Å². The third kappa shape index (κ3) is 89.2. The predicted octanol–water partition coefficient (Wildman–Crippen LogP) is 23.0. The molecule has 5 aliphatic heterocycles. The monoisotopic (exact) mass is 1410 g/mol. The van der Waals surface area contributed by atoms with Crippen molar-refractivity contribution in [2.75, 3.05) is 87.9 Å². The maximum Gasteiger partial charge on any atom is 0.305 e. The smallest absolute Gasteiger partial charge is 0.305 e. The Morgan fingerprint density at radius 1 is 0.439 bits per heavy atom. The van der Waals surface area contributed by atoms with Crippen molar-refractivity contribution < 1.29 is 62.4 Å². The van der Waals surface area contributed by atoms with Gasteiger partial charge in [0.15, 0.2) is 6.29 Å². The van der Waals surface area contributed by atoms with E-state index >= 15 is 0 Å². The van der Waals surface area contributed by atoms with Crippen LogP contribution in [-0.2, 0) is 52.2 Å². The van der Waals surface area contributed by atoms with Crippen LogP contribution in [0.25, 0.3) is 0 Å². The van der Waals surface area contributed by atoms with E-state index in [-0.39, 0.29) is 40.2 Å². The van der Waals surface area contributed by atoms with Crippen LogP contribution < -0.4 is 0 Å². The number of aliphatic hydroxyl groups excluding tert-OH is 1. The molecule has 0 spiro atoms. The Bertz CT molecular complexity index is 1680. The van der Waals surface area contributed by atoms with E-state index in [2.05, 4.69) is 219 Å². The summed E-state index contributed by atoms with van der Waals surface area (Å²) in [6.07, 6.45) is 22.9. The van der Waals surface area contributed by atoms with Crippen LogP contribution in [-0.4, -0.2) is 146 Å². The zero-order valence-corrected chi connectivity index (χ0v) is 73.1. The van der Waals surface area contributed by atoms with Gasteiger partial charge in [0.2, 0.25) is 0 Å². The number of rotatable bonds is 16. The zero-order chi connectivity index (χ0) is 77.9. The highest BCUT2D eigenvalue weighted by Gasteiger charge is 2.34. The van der Waals surface area contributed by atoms with Crippen LogP contribution in [0.15, 0.2) is 0 Å². The first-order valence-corrected chi connectivity index (χ1v) is 38.5. The highest BCUT2D eigenvalue weighted by Crippen LogP contribution is 2.37. The summed E-state index contributed by atoms with van der Waals surface area (Å²) in [6.45, 7) is 82.0. The van der Waals surface area contributed by atoms with E-state index in [4.69, 9.17) is 47.7 Å². The van der Waals surface area contributed by atoms with Gasteiger partial charge in [-0.15, -0.1) is 0 Å². The summed E-state index contributed by atoms with van der Waals surface area (Å²) in [5.41, 5.74) is 3.22. The second-order valence-corrected chi connectivity index (χ2v) is 41.9. The highest BCUT2D eigenvalue weighted by atomic mass is 16.7. The SMILES string of the molecule is CC(C)(C)CC(C)(C)O.CC(C)(C)CC1(C)CCCO1.CC(C)(C)CC1CCCO1.CC(C)(C)CC1OCCO1.CC(C)(C)C[C@@H]1CCCO1.CC(C)(C)C[C@H]1CCCO1.CC(O)CC(C)(C)C.COC(=O)CCC(C)(C)C.COCC(COC)CC(C)(C)C.COCCC(C)(C)C. The lowest BCUT2D eigenvalue weighted by molar-refractivity contribution is -0.141. The highest BCUT2D eigenvalue weighted by molar-refractivity contribution is 5.69. The molecule has 13 heteroatoms. The molecule has 0 aromatic rings. The first kappa shape index (κ1) is 106.